The van der Waals surface area contributed by atoms with Crippen molar-refractivity contribution in [1.82, 2.24) is 9.47 Å². The summed E-state index contributed by atoms with van der Waals surface area (Å²) in [5, 5.41) is 2.03. The maximum Gasteiger partial charge on any atom is 0.0998 e. The van der Waals surface area contributed by atoms with Crippen LogP contribution in [-0.4, -0.2) is 31.8 Å². The van der Waals surface area contributed by atoms with Gasteiger partial charge in [-0.15, -0.1) is 11.3 Å². The fourth-order valence-electron chi connectivity index (χ4n) is 4.38. The topological polar surface area (TPSA) is 60.3 Å². The molecule has 4 heterocycles. The molecule has 0 bridgehead atoms. The number of rotatable bonds is 3. The second-order valence-electron chi connectivity index (χ2n) is 7.42. The minimum absolute atomic E-state index is 0.649. The fourth-order valence-corrected chi connectivity index (χ4v) is 5.75. The van der Waals surface area contributed by atoms with Gasteiger partial charge in [0, 0.05) is 53.3 Å². The lowest BCUT2D eigenvalue weighted by Crippen LogP contribution is -2.27. The summed E-state index contributed by atoms with van der Waals surface area (Å²) >= 11 is -0.806. The van der Waals surface area contributed by atoms with Gasteiger partial charge in [0.25, 0.3) is 0 Å². The van der Waals surface area contributed by atoms with Gasteiger partial charge in [0.05, 0.1) is 10.5 Å². The maximum atomic E-state index is 10.9. The summed E-state index contributed by atoms with van der Waals surface area (Å²) in [4.78, 5) is 3.50. The van der Waals surface area contributed by atoms with Crippen molar-refractivity contribution in [2.24, 2.45) is 0 Å². The van der Waals surface area contributed by atoms with E-state index in [2.05, 4.69) is 46.4 Å². The number of thiophene rings is 1. The van der Waals surface area contributed by atoms with Crippen LogP contribution in [0.4, 0.5) is 5.00 Å². The van der Waals surface area contributed by atoms with Crippen LogP contribution in [0, 0.1) is 6.92 Å². The minimum atomic E-state index is -2.29. The number of hydrogen-bond donors (Lipinski definition) is 1. The number of hydrogen-bond acceptors (Lipinski definition) is 4. The first-order chi connectivity index (χ1) is 13.0. The van der Waals surface area contributed by atoms with E-state index in [0.29, 0.717) is 5.00 Å². The Morgan fingerprint density at radius 3 is 2.93 bits per heavy atom. The van der Waals surface area contributed by atoms with Crippen LogP contribution in [0.25, 0.3) is 22.6 Å². The summed E-state index contributed by atoms with van der Waals surface area (Å²) in [6.07, 6.45) is 3.34. The number of aromatic nitrogens is 1. The van der Waals surface area contributed by atoms with E-state index < -0.39 is 11.3 Å². The summed E-state index contributed by atoms with van der Waals surface area (Å²) < 4.78 is 26.8. The number of likely N-dealkylation sites (N-methyl/N-ethyl adjacent to an activating group) is 1. The molecular weight excluding hydrogens is 378 g/mol. The van der Waals surface area contributed by atoms with Gasteiger partial charge in [0.2, 0.25) is 0 Å². The second-order valence-corrected chi connectivity index (χ2v) is 9.18. The molecule has 2 aliphatic heterocycles. The Hall–Kier alpha value is -1.93. The van der Waals surface area contributed by atoms with Gasteiger partial charge in [-0.2, -0.15) is 0 Å². The zero-order valence-corrected chi connectivity index (χ0v) is 16.9. The van der Waals surface area contributed by atoms with Gasteiger partial charge in [-0.3, -0.25) is 4.21 Å². The van der Waals surface area contributed by atoms with E-state index in [9.17, 15) is 8.76 Å². The van der Waals surface area contributed by atoms with Gasteiger partial charge < -0.3 is 18.7 Å². The molecule has 0 aliphatic carbocycles. The third kappa shape index (κ3) is 2.86. The lowest BCUT2D eigenvalue weighted by molar-refractivity contribution is 0.310. The van der Waals surface area contributed by atoms with E-state index in [1.807, 2.05) is 12.1 Å². The van der Waals surface area contributed by atoms with Crippen molar-refractivity contribution >= 4 is 50.2 Å². The number of fused-ring (bicyclic) bond motifs is 3. The van der Waals surface area contributed by atoms with Crippen molar-refractivity contribution in [3.8, 4) is 0 Å². The first-order valence-electron chi connectivity index (χ1n) is 8.99. The normalized spacial score (nSPS) is 17.7. The lowest BCUT2D eigenvalue weighted by atomic mass is 9.99. The van der Waals surface area contributed by atoms with Crippen molar-refractivity contribution in [2.75, 3.05) is 18.3 Å². The van der Waals surface area contributed by atoms with Crippen LogP contribution in [0.3, 0.4) is 0 Å². The zero-order valence-electron chi connectivity index (χ0n) is 15.2. The van der Waals surface area contributed by atoms with E-state index in [0.717, 1.165) is 30.9 Å². The van der Waals surface area contributed by atoms with Crippen molar-refractivity contribution in [3.63, 3.8) is 0 Å². The number of allylic oxidation sites excluding steroid dienone is 1. The van der Waals surface area contributed by atoms with Gasteiger partial charge in [-0.25, -0.2) is 0 Å². The van der Waals surface area contributed by atoms with E-state index in [1.165, 1.54) is 50.2 Å². The minimum Gasteiger partial charge on any atom is -0.755 e. The first-order valence-corrected chi connectivity index (χ1v) is 10.9. The quantitative estimate of drug-likeness (QED) is 0.684. The van der Waals surface area contributed by atoms with Crippen LogP contribution < -0.4 is 4.72 Å². The van der Waals surface area contributed by atoms with E-state index >= 15 is 0 Å². The Balaban J connectivity index is 1.64. The Morgan fingerprint density at radius 1 is 1.26 bits per heavy atom. The van der Waals surface area contributed by atoms with Crippen LogP contribution in [0.1, 0.15) is 27.3 Å². The third-order valence-corrected chi connectivity index (χ3v) is 7.07. The molecule has 1 N–H and O–H groups in total. The van der Waals surface area contributed by atoms with Gasteiger partial charge in [0.15, 0.2) is 0 Å². The number of aryl methyl sites for hydroxylation is 1. The molecule has 140 valence electrons. The molecule has 0 saturated heterocycles. The average Bonchev–Trinajstić information content (AvgIpc) is 3.18. The highest BCUT2D eigenvalue weighted by Gasteiger charge is 2.26. The van der Waals surface area contributed by atoms with Gasteiger partial charge in [0.1, 0.15) is 0 Å². The highest BCUT2D eigenvalue weighted by molar-refractivity contribution is 7.80. The molecule has 0 fully saturated rings. The van der Waals surface area contributed by atoms with Gasteiger partial charge in [-0.05, 0) is 66.6 Å². The monoisotopic (exact) mass is 398 g/mol. The predicted octanol–water partition coefficient (Wildman–Crippen LogP) is 3.76. The molecule has 1 atom stereocenters. The zero-order chi connectivity index (χ0) is 18.7. The molecule has 3 aromatic rings. The summed E-state index contributed by atoms with van der Waals surface area (Å²) in [5.41, 5.74) is 8.04. The predicted molar refractivity (Wildman–Crippen MR) is 111 cm³/mol. The van der Waals surface area contributed by atoms with Crippen molar-refractivity contribution in [1.29, 1.82) is 0 Å². The Kier molecular flexibility index (Phi) is 4.01. The molecule has 5 rings (SSSR count). The van der Waals surface area contributed by atoms with Crippen LogP contribution in [0.2, 0.25) is 0 Å². The van der Waals surface area contributed by atoms with Crippen molar-refractivity contribution in [2.45, 2.75) is 26.4 Å². The molecule has 5 nitrogen and oxygen atoms in total. The molecule has 27 heavy (non-hydrogen) atoms. The first kappa shape index (κ1) is 17.2. The van der Waals surface area contributed by atoms with Gasteiger partial charge >= 0.3 is 0 Å². The van der Waals surface area contributed by atoms with Crippen LogP contribution in [-0.2, 0) is 30.8 Å². The smallest absolute Gasteiger partial charge is 0.0998 e. The molecule has 7 heteroatoms. The number of anilines is 1. The molecule has 0 saturated carbocycles. The fraction of sp³-hybridized carbons (Fsp3) is 0.300. The van der Waals surface area contributed by atoms with Crippen LogP contribution in [0.15, 0.2) is 24.3 Å². The molecule has 0 amide bonds. The summed E-state index contributed by atoms with van der Waals surface area (Å²) in [6, 6.07) is 8.42. The average molecular weight is 399 g/mol. The molecular formula is C20H20N3O2S2-. The molecule has 1 aromatic carbocycles. The largest absolute Gasteiger partial charge is 0.755 e. The maximum absolute atomic E-state index is 10.9. The highest BCUT2D eigenvalue weighted by Crippen LogP contribution is 2.40. The number of nitrogens with zero attached hydrogens (tertiary/aromatic N) is 2. The standard InChI is InChI=1S/C20H21N3O2S2/c1-12-7-13-9-14(18-3-4-19(26-18)21-27(24)25)10-23-17-5-6-22(2)11-16(17)15(8-12)20(13)23/h3-4,7-9,21H,5-6,10-11H2,1-2H3,(H,24,25)/p-1. The van der Waals surface area contributed by atoms with Crippen LogP contribution >= 0.6 is 11.3 Å². The van der Waals surface area contributed by atoms with Crippen molar-refractivity contribution in [3.05, 3.63) is 51.5 Å². The molecule has 0 radical (unpaired) electrons. The van der Waals surface area contributed by atoms with Crippen molar-refractivity contribution < 1.29 is 8.76 Å². The SMILES string of the molecule is Cc1cc2c3c(c1)c1c(n3CC(c3ccc(NS(=O)[O-])s3)=C2)CCN(C)C1. The Bertz CT molecular complexity index is 1130. The van der Waals surface area contributed by atoms with E-state index in [1.54, 1.807) is 0 Å². The molecule has 2 aliphatic rings. The molecule has 0 spiro atoms. The van der Waals surface area contributed by atoms with Gasteiger partial charge in [-0.1, -0.05) is 0 Å². The number of benzene rings is 1. The molecule has 2 aromatic heterocycles. The Morgan fingerprint density at radius 2 is 2.11 bits per heavy atom. The summed E-state index contributed by atoms with van der Waals surface area (Å²) in [6.45, 7) is 5.08. The Labute approximate surface area is 164 Å². The number of nitrogens with one attached hydrogen (secondary N) is 1. The summed E-state index contributed by atoms with van der Waals surface area (Å²) in [7, 11) is 2.19. The summed E-state index contributed by atoms with van der Waals surface area (Å²) in [5.74, 6) is 0. The lowest BCUT2D eigenvalue weighted by Gasteiger charge is -2.25. The van der Waals surface area contributed by atoms with Crippen LogP contribution in [0.5, 0.6) is 0 Å². The van der Waals surface area contributed by atoms with E-state index in [-0.39, 0.29) is 0 Å². The highest BCUT2D eigenvalue weighted by atomic mass is 32.2. The second kappa shape index (κ2) is 6.31. The van der Waals surface area contributed by atoms with E-state index in [4.69, 9.17) is 0 Å². The molecule has 1 unspecified atom stereocenters. The third-order valence-electron chi connectivity index (χ3n) is 5.48.